The number of hydrogen-bond donors (Lipinski definition) is 1. The molecule has 1 amide bonds. The number of benzene rings is 1. The maximum atomic E-state index is 12.2. The van der Waals surface area contributed by atoms with Crippen LogP contribution in [0.1, 0.15) is 33.6 Å². The van der Waals surface area contributed by atoms with Crippen molar-refractivity contribution in [3.63, 3.8) is 0 Å². The average molecular weight is 366 g/mol. The second-order valence-corrected chi connectivity index (χ2v) is 8.39. The van der Waals surface area contributed by atoms with E-state index in [1.807, 2.05) is 45.0 Å². The summed E-state index contributed by atoms with van der Waals surface area (Å²) in [6.45, 7) is 8.31. The average Bonchev–Trinajstić information content (AvgIpc) is 3.04. The molecule has 1 aliphatic heterocycles. The van der Waals surface area contributed by atoms with Crippen molar-refractivity contribution in [2.75, 3.05) is 24.5 Å². The third-order valence-corrected chi connectivity index (χ3v) is 5.19. The van der Waals surface area contributed by atoms with E-state index in [2.05, 4.69) is 20.2 Å². The van der Waals surface area contributed by atoms with Gasteiger partial charge in [0.1, 0.15) is 17.4 Å². The minimum absolute atomic E-state index is 0.0985. The van der Waals surface area contributed by atoms with Crippen molar-refractivity contribution in [3.8, 4) is 0 Å². The Kier molecular flexibility index (Phi) is 4.50. The standard InChI is InChI=1S/C21H26N4O2/c1-21(2,3)20(26)22-11-14-7-6-10-25(12-14)19-18-17(23-13-24-19)15-8-4-5-9-16(15)27-18/h4-5,8-9,13-14H,6-7,10-12H2,1-3H3,(H,22,26). The van der Waals surface area contributed by atoms with E-state index in [-0.39, 0.29) is 11.3 Å². The fourth-order valence-corrected chi connectivity index (χ4v) is 3.66. The van der Waals surface area contributed by atoms with Gasteiger partial charge in [-0.15, -0.1) is 0 Å². The summed E-state index contributed by atoms with van der Waals surface area (Å²) >= 11 is 0. The first-order valence-corrected chi connectivity index (χ1v) is 9.59. The van der Waals surface area contributed by atoms with E-state index < -0.39 is 0 Å². The van der Waals surface area contributed by atoms with Crippen molar-refractivity contribution < 1.29 is 9.21 Å². The largest absolute Gasteiger partial charge is 0.450 e. The number of furan rings is 1. The Balaban J connectivity index is 1.56. The predicted octanol–water partition coefficient (Wildman–Crippen LogP) is 3.75. The van der Waals surface area contributed by atoms with Crippen LogP contribution in [0.2, 0.25) is 0 Å². The molecule has 27 heavy (non-hydrogen) atoms. The molecule has 1 N–H and O–H groups in total. The molecule has 1 fully saturated rings. The van der Waals surface area contributed by atoms with Crippen molar-refractivity contribution >= 4 is 33.8 Å². The molecular formula is C21H26N4O2. The number of carbonyl (C=O) groups is 1. The highest BCUT2D eigenvalue weighted by Crippen LogP contribution is 2.33. The van der Waals surface area contributed by atoms with Gasteiger partial charge in [-0.05, 0) is 30.9 Å². The Labute approximate surface area is 159 Å². The number of anilines is 1. The first-order chi connectivity index (χ1) is 12.9. The first kappa shape index (κ1) is 17.8. The summed E-state index contributed by atoms with van der Waals surface area (Å²) in [6, 6.07) is 7.95. The molecule has 0 bridgehead atoms. The Bertz CT molecular complexity index is 973. The Morgan fingerprint density at radius 3 is 2.93 bits per heavy atom. The van der Waals surface area contributed by atoms with Crippen molar-refractivity contribution in [1.29, 1.82) is 0 Å². The van der Waals surface area contributed by atoms with E-state index in [1.54, 1.807) is 6.33 Å². The Morgan fingerprint density at radius 1 is 1.30 bits per heavy atom. The Hall–Kier alpha value is -2.63. The molecule has 0 radical (unpaired) electrons. The van der Waals surface area contributed by atoms with Gasteiger partial charge in [-0.1, -0.05) is 32.9 Å². The van der Waals surface area contributed by atoms with E-state index in [0.717, 1.165) is 53.8 Å². The summed E-state index contributed by atoms with van der Waals surface area (Å²) in [6.07, 6.45) is 3.79. The van der Waals surface area contributed by atoms with E-state index in [0.29, 0.717) is 12.5 Å². The number of hydrogen-bond acceptors (Lipinski definition) is 5. The SMILES string of the molecule is CC(C)(C)C(=O)NCC1CCCN(c2ncnc3c2oc2ccccc23)C1. The molecule has 3 aromatic rings. The zero-order chi connectivity index (χ0) is 19.0. The van der Waals surface area contributed by atoms with Crippen molar-refractivity contribution in [3.05, 3.63) is 30.6 Å². The summed E-state index contributed by atoms with van der Waals surface area (Å²) in [5.74, 6) is 1.35. The lowest BCUT2D eigenvalue weighted by Gasteiger charge is -2.34. The third-order valence-electron chi connectivity index (χ3n) is 5.19. The van der Waals surface area contributed by atoms with Gasteiger partial charge >= 0.3 is 0 Å². The highest BCUT2D eigenvalue weighted by Gasteiger charge is 2.26. The van der Waals surface area contributed by atoms with E-state index in [9.17, 15) is 4.79 Å². The van der Waals surface area contributed by atoms with Gasteiger partial charge in [0.2, 0.25) is 5.91 Å². The fourth-order valence-electron chi connectivity index (χ4n) is 3.66. The summed E-state index contributed by atoms with van der Waals surface area (Å²) in [4.78, 5) is 23.4. The quantitative estimate of drug-likeness (QED) is 0.764. The Morgan fingerprint density at radius 2 is 2.11 bits per heavy atom. The predicted molar refractivity (Wildman–Crippen MR) is 107 cm³/mol. The second kappa shape index (κ2) is 6.83. The lowest BCUT2D eigenvalue weighted by molar-refractivity contribution is -0.128. The highest BCUT2D eigenvalue weighted by atomic mass is 16.3. The summed E-state index contributed by atoms with van der Waals surface area (Å²) in [7, 11) is 0. The summed E-state index contributed by atoms with van der Waals surface area (Å²) < 4.78 is 6.08. The number of para-hydroxylation sites is 1. The number of amides is 1. The van der Waals surface area contributed by atoms with Crippen LogP contribution in [0.15, 0.2) is 35.0 Å². The monoisotopic (exact) mass is 366 g/mol. The van der Waals surface area contributed by atoms with Crippen LogP contribution in [0.3, 0.4) is 0 Å². The highest BCUT2D eigenvalue weighted by molar-refractivity contribution is 6.05. The number of carbonyl (C=O) groups excluding carboxylic acids is 1. The molecule has 0 saturated carbocycles. The number of aromatic nitrogens is 2. The maximum absolute atomic E-state index is 12.2. The van der Waals surface area contributed by atoms with Crippen molar-refractivity contribution in [2.24, 2.45) is 11.3 Å². The van der Waals surface area contributed by atoms with Crippen molar-refractivity contribution in [2.45, 2.75) is 33.6 Å². The minimum atomic E-state index is -0.360. The lowest BCUT2D eigenvalue weighted by Crippen LogP contribution is -2.43. The number of piperidine rings is 1. The lowest BCUT2D eigenvalue weighted by atomic mass is 9.94. The van der Waals surface area contributed by atoms with Crippen LogP contribution in [0.5, 0.6) is 0 Å². The third kappa shape index (κ3) is 3.48. The molecule has 6 nitrogen and oxygen atoms in total. The summed E-state index contributed by atoms with van der Waals surface area (Å²) in [5.41, 5.74) is 2.08. The normalized spacial score (nSPS) is 18.2. The van der Waals surface area contributed by atoms with E-state index in [4.69, 9.17) is 4.42 Å². The molecule has 1 unspecified atom stereocenters. The van der Waals surface area contributed by atoms with E-state index >= 15 is 0 Å². The number of nitrogens with zero attached hydrogens (tertiary/aromatic N) is 3. The number of fused-ring (bicyclic) bond motifs is 3. The molecule has 2 aromatic heterocycles. The van der Waals surface area contributed by atoms with Gasteiger partial charge in [-0.2, -0.15) is 0 Å². The fraction of sp³-hybridized carbons (Fsp3) is 0.476. The zero-order valence-corrected chi connectivity index (χ0v) is 16.2. The van der Waals surface area contributed by atoms with Gasteiger partial charge in [0.15, 0.2) is 11.4 Å². The summed E-state index contributed by atoms with van der Waals surface area (Å²) in [5, 5.41) is 4.12. The number of rotatable bonds is 3. The topological polar surface area (TPSA) is 71.3 Å². The minimum Gasteiger partial charge on any atom is -0.450 e. The molecule has 1 saturated heterocycles. The second-order valence-electron chi connectivity index (χ2n) is 8.39. The van der Waals surface area contributed by atoms with Gasteiger partial charge in [0, 0.05) is 30.4 Å². The molecular weight excluding hydrogens is 340 g/mol. The first-order valence-electron chi connectivity index (χ1n) is 9.59. The van der Waals surface area contributed by atoms with Crippen molar-refractivity contribution in [1.82, 2.24) is 15.3 Å². The van der Waals surface area contributed by atoms with Crippen LogP contribution in [-0.2, 0) is 4.79 Å². The molecule has 142 valence electrons. The molecule has 1 aliphatic rings. The molecule has 4 rings (SSSR count). The van der Waals surface area contributed by atoms with Crippen LogP contribution in [0, 0.1) is 11.3 Å². The van der Waals surface area contributed by atoms with Crippen LogP contribution in [0.25, 0.3) is 22.1 Å². The molecule has 1 atom stereocenters. The van der Waals surface area contributed by atoms with Gasteiger partial charge < -0.3 is 14.6 Å². The van der Waals surface area contributed by atoms with Crippen LogP contribution >= 0.6 is 0 Å². The molecule has 3 heterocycles. The smallest absolute Gasteiger partial charge is 0.225 e. The van der Waals surface area contributed by atoms with Gasteiger partial charge in [0.05, 0.1) is 0 Å². The van der Waals surface area contributed by atoms with Gasteiger partial charge in [-0.25, -0.2) is 9.97 Å². The zero-order valence-electron chi connectivity index (χ0n) is 16.2. The number of nitrogens with one attached hydrogen (secondary N) is 1. The van der Waals surface area contributed by atoms with Crippen LogP contribution in [-0.4, -0.2) is 35.5 Å². The van der Waals surface area contributed by atoms with Crippen LogP contribution in [0.4, 0.5) is 5.82 Å². The molecule has 1 aromatic carbocycles. The van der Waals surface area contributed by atoms with Gasteiger partial charge in [-0.3, -0.25) is 4.79 Å². The maximum Gasteiger partial charge on any atom is 0.225 e. The molecule has 0 aliphatic carbocycles. The molecule has 6 heteroatoms. The van der Waals surface area contributed by atoms with E-state index in [1.165, 1.54) is 0 Å². The van der Waals surface area contributed by atoms with Crippen LogP contribution < -0.4 is 10.2 Å². The molecule has 0 spiro atoms. The van der Waals surface area contributed by atoms with Gasteiger partial charge in [0.25, 0.3) is 0 Å².